The van der Waals surface area contributed by atoms with Gasteiger partial charge in [0.15, 0.2) is 0 Å². The van der Waals surface area contributed by atoms with Crippen LogP contribution in [-0.4, -0.2) is 39.3 Å². The summed E-state index contributed by atoms with van der Waals surface area (Å²) in [5.74, 6) is 0.670. The Kier molecular flexibility index (Phi) is 6.81. The van der Waals surface area contributed by atoms with Gasteiger partial charge in [0.05, 0.1) is 5.92 Å². The number of rotatable bonds is 9. The molecular formula is C26H29N3O3. The molecule has 0 unspecified atom stereocenters. The van der Waals surface area contributed by atoms with Crippen LogP contribution in [0, 0.1) is 11.8 Å². The third-order valence-electron chi connectivity index (χ3n) is 5.79. The minimum Gasteiger partial charge on any atom is -0.481 e. The van der Waals surface area contributed by atoms with E-state index in [4.69, 9.17) is 9.52 Å². The van der Waals surface area contributed by atoms with Crippen molar-refractivity contribution in [2.24, 2.45) is 11.8 Å². The molecule has 0 bridgehead atoms. The summed E-state index contributed by atoms with van der Waals surface area (Å²) in [6.45, 7) is 6.42. The molecule has 1 aliphatic rings. The second-order valence-corrected chi connectivity index (χ2v) is 8.84. The van der Waals surface area contributed by atoms with Gasteiger partial charge >= 0.3 is 5.97 Å². The van der Waals surface area contributed by atoms with E-state index in [0.29, 0.717) is 30.8 Å². The number of likely N-dealkylation sites (tertiary alicyclic amines) is 1. The topological polar surface area (TPSA) is 79.5 Å². The molecule has 0 saturated carbocycles. The van der Waals surface area contributed by atoms with E-state index in [9.17, 15) is 4.79 Å². The molecule has 32 heavy (non-hydrogen) atoms. The van der Waals surface area contributed by atoms with E-state index in [2.05, 4.69) is 41.1 Å². The summed E-state index contributed by atoms with van der Waals surface area (Å²) in [7, 11) is 0. The lowest BCUT2D eigenvalue weighted by atomic mass is 9.97. The van der Waals surface area contributed by atoms with Gasteiger partial charge in [-0.25, -0.2) is 0 Å². The van der Waals surface area contributed by atoms with E-state index in [1.165, 1.54) is 11.1 Å². The molecule has 2 aromatic carbocycles. The minimum absolute atomic E-state index is 0.236. The molecule has 1 fully saturated rings. The Morgan fingerprint density at radius 3 is 2.50 bits per heavy atom. The quantitative estimate of drug-likeness (QED) is 0.500. The molecule has 0 atom stereocenters. The van der Waals surface area contributed by atoms with Crippen molar-refractivity contribution in [3.8, 4) is 11.5 Å². The minimum atomic E-state index is -0.711. The molecule has 0 amide bonds. The fourth-order valence-corrected chi connectivity index (χ4v) is 3.82. The first-order chi connectivity index (χ1) is 15.5. The summed E-state index contributed by atoms with van der Waals surface area (Å²) < 4.78 is 5.95. The zero-order chi connectivity index (χ0) is 22.5. The number of carboxylic acid groups (broad SMARTS) is 1. The Bertz CT molecular complexity index is 1070. The van der Waals surface area contributed by atoms with Gasteiger partial charge in [0.2, 0.25) is 11.8 Å². The van der Waals surface area contributed by atoms with E-state index >= 15 is 0 Å². The Morgan fingerprint density at radius 1 is 1.12 bits per heavy atom. The van der Waals surface area contributed by atoms with Crippen molar-refractivity contribution >= 4 is 17.6 Å². The molecule has 1 aliphatic heterocycles. The van der Waals surface area contributed by atoms with E-state index in [0.717, 1.165) is 30.5 Å². The van der Waals surface area contributed by atoms with Crippen molar-refractivity contribution in [3.05, 3.63) is 71.6 Å². The van der Waals surface area contributed by atoms with Crippen molar-refractivity contribution in [2.75, 3.05) is 13.1 Å². The van der Waals surface area contributed by atoms with Gasteiger partial charge in [0, 0.05) is 31.3 Å². The van der Waals surface area contributed by atoms with Crippen molar-refractivity contribution in [3.63, 3.8) is 0 Å². The molecule has 3 aromatic rings. The highest BCUT2D eigenvalue weighted by Gasteiger charge is 2.32. The number of hydrogen-bond acceptors (Lipinski definition) is 5. The first kappa shape index (κ1) is 22.0. The van der Waals surface area contributed by atoms with Crippen LogP contribution in [0.3, 0.4) is 0 Å². The largest absolute Gasteiger partial charge is 0.481 e. The molecule has 0 aliphatic carbocycles. The predicted octanol–water partition coefficient (Wildman–Crippen LogP) is 5.23. The van der Waals surface area contributed by atoms with Crippen LogP contribution in [0.4, 0.5) is 0 Å². The van der Waals surface area contributed by atoms with E-state index in [-0.39, 0.29) is 5.92 Å². The Hall–Kier alpha value is -3.25. The number of carbonyl (C=O) groups is 1. The van der Waals surface area contributed by atoms with Gasteiger partial charge in [-0.1, -0.05) is 56.3 Å². The van der Waals surface area contributed by atoms with Gasteiger partial charge < -0.3 is 9.52 Å². The number of benzene rings is 2. The standard InChI is InChI=1S/C26H29N3O3/c1-18(2)8-11-22(20-6-4-3-5-7-20)14-24-27-28-25(32-24)21-12-9-19(10-13-21)15-29-16-23(17-29)26(30)31/h3-7,9-10,12-14,18,23H,8,11,15-17H2,1-2H3,(H,30,31)/b22-14-. The van der Waals surface area contributed by atoms with Crippen LogP contribution < -0.4 is 0 Å². The predicted molar refractivity (Wildman–Crippen MR) is 125 cm³/mol. The maximum absolute atomic E-state index is 10.9. The van der Waals surface area contributed by atoms with Crippen LogP contribution in [0.15, 0.2) is 59.0 Å². The highest BCUT2D eigenvalue weighted by molar-refractivity contribution is 5.79. The zero-order valence-electron chi connectivity index (χ0n) is 18.6. The molecule has 1 aromatic heterocycles. The van der Waals surface area contributed by atoms with Gasteiger partial charge in [-0.3, -0.25) is 9.69 Å². The maximum atomic E-state index is 10.9. The number of nitrogens with zero attached hydrogens (tertiary/aromatic N) is 3. The van der Waals surface area contributed by atoms with Crippen molar-refractivity contribution < 1.29 is 14.3 Å². The summed E-state index contributed by atoms with van der Waals surface area (Å²) in [6.07, 6.45) is 4.03. The van der Waals surface area contributed by atoms with Gasteiger partial charge in [-0.15, -0.1) is 10.2 Å². The SMILES string of the molecule is CC(C)CC/C(=C/c1nnc(-c2ccc(CN3CC(C(=O)O)C3)cc2)o1)c1ccccc1. The lowest BCUT2D eigenvalue weighted by Crippen LogP contribution is -2.49. The molecule has 4 rings (SSSR count). The molecule has 6 nitrogen and oxygen atoms in total. The number of hydrogen-bond donors (Lipinski definition) is 1. The van der Waals surface area contributed by atoms with Crippen LogP contribution in [0.1, 0.15) is 43.7 Å². The first-order valence-electron chi connectivity index (χ1n) is 11.1. The van der Waals surface area contributed by atoms with Crippen LogP contribution in [0.25, 0.3) is 23.1 Å². The monoisotopic (exact) mass is 431 g/mol. The van der Waals surface area contributed by atoms with Crippen LogP contribution in [0.2, 0.25) is 0 Å². The molecule has 6 heteroatoms. The summed E-state index contributed by atoms with van der Waals surface area (Å²) in [5.41, 5.74) is 4.38. The molecule has 0 spiro atoms. The van der Waals surface area contributed by atoms with Crippen LogP contribution in [0.5, 0.6) is 0 Å². The highest BCUT2D eigenvalue weighted by atomic mass is 16.4. The molecular weight excluding hydrogens is 402 g/mol. The Labute approximate surface area is 188 Å². The van der Waals surface area contributed by atoms with Gasteiger partial charge in [-0.05, 0) is 47.6 Å². The third kappa shape index (κ3) is 5.51. The lowest BCUT2D eigenvalue weighted by Gasteiger charge is -2.36. The molecule has 2 heterocycles. The van der Waals surface area contributed by atoms with E-state index in [1.807, 2.05) is 48.5 Å². The first-order valence-corrected chi connectivity index (χ1v) is 11.1. The van der Waals surface area contributed by atoms with Crippen molar-refractivity contribution in [1.82, 2.24) is 15.1 Å². The molecule has 166 valence electrons. The number of carboxylic acids is 1. The number of aromatic nitrogens is 2. The number of allylic oxidation sites excluding steroid dienone is 1. The average molecular weight is 432 g/mol. The van der Waals surface area contributed by atoms with Crippen LogP contribution in [-0.2, 0) is 11.3 Å². The van der Waals surface area contributed by atoms with Gasteiger partial charge in [0.1, 0.15) is 0 Å². The molecule has 1 saturated heterocycles. The normalized spacial score (nSPS) is 15.2. The summed E-state index contributed by atoms with van der Waals surface area (Å²) >= 11 is 0. The second kappa shape index (κ2) is 9.92. The van der Waals surface area contributed by atoms with Crippen molar-refractivity contribution in [1.29, 1.82) is 0 Å². The fourth-order valence-electron chi connectivity index (χ4n) is 3.82. The Balaban J connectivity index is 1.44. The lowest BCUT2D eigenvalue weighted by molar-refractivity contribution is -0.147. The summed E-state index contributed by atoms with van der Waals surface area (Å²) in [4.78, 5) is 13.1. The maximum Gasteiger partial charge on any atom is 0.309 e. The van der Waals surface area contributed by atoms with Gasteiger partial charge in [-0.2, -0.15) is 0 Å². The molecule has 0 radical (unpaired) electrons. The van der Waals surface area contributed by atoms with E-state index in [1.54, 1.807) is 0 Å². The average Bonchev–Trinajstić information content (AvgIpc) is 3.22. The molecule has 1 N–H and O–H groups in total. The fraction of sp³-hybridized carbons (Fsp3) is 0.346. The highest BCUT2D eigenvalue weighted by Crippen LogP contribution is 2.27. The summed E-state index contributed by atoms with van der Waals surface area (Å²) in [5, 5.41) is 17.5. The smallest absolute Gasteiger partial charge is 0.309 e. The van der Waals surface area contributed by atoms with Crippen molar-refractivity contribution in [2.45, 2.75) is 33.2 Å². The van der Waals surface area contributed by atoms with E-state index < -0.39 is 5.97 Å². The zero-order valence-corrected chi connectivity index (χ0v) is 18.6. The second-order valence-electron chi connectivity index (χ2n) is 8.84. The Morgan fingerprint density at radius 2 is 1.84 bits per heavy atom. The third-order valence-corrected chi connectivity index (χ3v) is 5.79. The number of aliphatic carboxylic acids is 1. The van der Waals surface area contributed by atoms with Gasteiger partial charge in [0.25, 0.3) is 0 Å². The summed E-state index contributed by atoms with van der Waals surface area (Å²) in [6, 6.07) is 18.3. The van der Waals surface area contributed by atoms with Crippen LogP contribution >= 0.6 is 0 Å².